The standard InChI is InChI=1S/C56H45N3O/c1-35(2)43-33-45(38-22-13-8-14-23-38)50(34-44(43)37-20-11-7-12-21-37)58-48-26-17-25-41-46-31-40(55(3,4)5)32-47-49-30-39(36-18-9-6-10-19-36)28-29-57(49)56(52(46)47)59(53(41)48)54(58)42-24-15-16-27-51(42)60-56/h6-35H,1-5H3/q+2/i6D,9D,10D,18D,19D,35D. The fourth-order valence-electron chi connectivity index (χ4n) is 9.90. The molecule has 60 heavy (non-hydrogen) atoms. The number of ether oxygens (including phenoxy) is 1. The SMILES string of the molecule is [2H]c1c([2H])c([2H])c(-c2cc[n+]3c(c2)-c2cc(C(C)(C)C)cc4c2C32Oc3ccccc3-c3n(-c5cc(-c6ccccc6)c(C([2H])(C)C)cc5-c5ccccc5)c5cccc-4c5[n+]32)c([2H])c1[2H]. The monoisotopic (exact) mass is 781 g/mol. The first kappa shape index (κ1) is 29.2. The van der Waals surface area contributed by atoms with Crippen molar-refractivity contribution < 1.29 is 22.1 Å². The lowest BCUT2D eigenvalue weighted by atomic mass is 9.80. The quantitative estimate of drug-likeness (QED) is 0.159. The smallest absolute Gasteiger partial charge is 0.392 e. The summed E-state index contributed by atoms with van der Waals surface area (Å²) in [6, 6.07) is 46.8. The molecule has 0 amide bonds. The lowest BCUT2D eigenvalue weighted by Gasteiger charge is -2.33. The van der Waals surface area contributed by atoms with Gasteiger partial charge >= 0.3 is 11.7 Å². The van der Waals surface area contributed by atoms with Crippen molar-refractivity contribution in [1.82, 2.24) is 4.57 Å². The van der Waals surface area contributed by atoms with Crippen molar-refractivity contribution in [3.63, 3.8) is 0 Å². The summed E-state index contributed by atoms with van der Waals surface area (Å²) in [7, 11) is 0. The van der Waals surface area contributed by atoms with Crippen molar-refractivity contribution in [3.8, 4) is 78.6 Å². The lowest BCUT2D eigenvalue weighted by Crippen LogP contribution is -2.78. The van der Waals surface area contributed by atoms with Crippen LogP contribution in [-0.2, 0) is 11.3 Å². The molecule has 0 saturated carbocycles. The molecule has 3 aliphatic heterocycles. The molecule has 0 aliphatic carbocycles. The Kier molecular flexibility index (Phi) is 6.08. The first-order chi connectivity index (χ1) is 31.6. The number of benzene rings is 7. The number of hydrogen-bond acceptors (Lipinski definition) is 1. The summed E-state index contributed by atoms with van der Waals surface area (Å²) in [4.78, 5) is 0. The minimum absolute atomic E-state index is 0.149. The second-order valence-electron chi connectivity index (χ2n) is 17.4. The highest BCUT2D eigenvalue weighted by Gasteiger charge is 2.68. The van der Waals surface area contributed by atoms with Gasteiger partial charge in [0.15, 0.2) is 17.2 Å². The van der Waals surface area contributed by atoms with Crippen molar-refractivity contribution in [2.45, 2.75) is 51.8 Å². The first-order valence-corrected chi connectivity index (χ1v) is 20.6. The summed E-state index contributed by atoms with van der Waals surface area (Å²) in [6.45, 7) is 10.6. The predicted octanol–water partition coefficient (Wildman–Crippen LogP) is 12.9. The van der Waals surface area contributed by atoms with Crippen molar-refractivity contribution in [2.75, 3.05) is 0 Å². The summed E-state index contributed by atoms with van der Waals surface area (Å²) >= 11 is 0. The van der Waals surface area contributed by atoms with E-state index in [4.69, 9.17) is 11.6 Å². The molecule has 1 unspecified atom stereocenters. The minimum atomic E-state index is -1.28. The molecule has 0 fully saturated rings. The number of aromatic nitrogens is 3. The van der Waals surface area contributed by atoms with Gasteiger partial charge < -0.3 is 4.74 Å². The molecule has 1 spiro atoms. The number of fused-ring (bicyclic) bond motifs is 5. The van der Waals surface area contributed by atoms with E-state index in [2.05, 4.69) is 125 Å². The van der Waals surface area contributed by atoms with Crippen molar-refractivity contribution in [3.05, 3.63) is 193 Å². The summed E-state index contributed by atoms with van der Waals surface area (Å²) in [5.74, 6) is -0.596. The van der Waals surface area contributed by atoms with E-state index in [0.717, 1.165) is 89.4 Å². The number of rotatable bonds is 5. The Labute approximate surface area is 359 Å². The Bertz CT molecular complexity index is 3560. The zero-order valence-electron chi connectivity index (χ0n) is 40.1. The molecule has 5 heterocycles. The van der Waals surface area contributed by atoms with Crippen LogP contribution < -0.4 is 13.9 Å². The highest BCUT2D eigenvalue weighted by molar-refractivity contribution is 5.99. The summed E-state index contributed by atoms with van der Waals surface area (Å²) in [5, 5.41) is 0. The van der Waals surface area contributed by atoms with Gasteiger partial charge in [0.1, 0.15) is 22.6 Å². The van der Waals surface area contributed by atoms with E-state index in [1.54, 1.807) is 0 Å². The van der Waals surface area contributed by atoms with Crippen LogP contribution in [0.2, 0.25) is 0 Å². The minimum Gasteiger partial charge on any atom is -0.392 e. The van der Waals surface area contributed by atoms with E-state index < -0.39 is 17.8 Å². The second kappa shape index (κ2) is 12.5. The van der Waals surface area contributed by atoms with Gasteiger partial charge in [0.2, 0.25) is 5.69 Å². The largest absolute Gasteiger partial charge is 0.499 e. The molecule has 9 aromatic rings. The van der Waals surface area contributed by atoms with Crippen LogP contribution in [0, 0.1) is 0 Å². The zero-order chi connectivity index (χ0) is 45.8. The maximum absolute atomic E-state index is 9.52. The highest BCUT2D eigenvalue weighted by atomic mass is 16.5. The van der Waals surface area contributed by atoms with Gasteiger partial charge in [-0.2, -0.15) is 4.57 Å². The van der Waals surface area contributed by atoms with Crippen molar-refractivity contribution in [2.24, 2.45) is 0 Å². The van der Waals surface area contributed by atoms with E-state index in [-0.39, 0.29) is 35.1 Å². The third-order valence-corrected chi connectivity index (χ3v) is 12.6. The molecular formula is C56H45N3O+2. The summed E-state index contributed by atoms with van der Waals surface area (Å²) < 4.78 is 67.4. The highest BCUT2D eigenvalue weighted by Crippen LogP contribution is 2.54. The maximum atomic E-state index is 9.52. The fourth-order valence-corrected chi connectivity index (χ4v) is 9.90. The lowest BCUT2D eigenvalue weighted by molar-refractivity contribution is -0.997. The average molecular weight is 782 g/mol. The molecule has 0 saturated heterocycles. The average Bonchev–Trinajstić information content (AvgIpc) is 3.81. The molecule has 4 nitrogen and oxygen atoms in total. The van der Waals surface area contributed by atoms with Crippen molar-refractivity contribution >= 4 is 11.0 Å². The normalized spacial score (nSPS) is 17.0. The summed E-state index contributed by atoms with van der Waals surface area (Å²) in [5.41, 5.74) is 15.1. The molecule has 7 aromatic carbocycles. The van der Waals surface area contributed by atoms with Crippen LogP contribution in [0.25, 0.3) is 83.9 Å². The number of para-hydroxylation sites is 2. The van der Waals surface area contributed by atoms with Gasteiger partial charge in [-0.05, 0) is 98.8 Å². The molecule has 1 atom stereocenters. The van der Waals surface area contributed by atoms with Crippen molar-refractivity contribution in [1.29, 1.82) is 0 Å². The zero-order valence-corrected chi connectivity index (χ0v) is 34.1. The Morgan fingerprint density at radius 2 is 1.32 bits per heavy atom. The van der Waals surface area contributed by atoms with Crippen LogP contribution in [0.5, 0.6) is 5.75 Å². The molecule has 3 aliphatic rings. The van der Waals surface area contributed by atoms with Crippen LogP contribution in [0.3, 0.4) is 0 Å². The van der Waals surface area contributed by atoms with Gasteiger partial charge in [-0.3, -0.25) is 0 Å². The Morgan fingerprint density at radius 1 is 0.633 bits per heavy atom. The van der Waals surface area contributed by atoms with Crippen LogP contribution >= 0.6 is 0 Å². The maximum Gasteiger partial charge on any atom is 0.499 e. The second-order valence-corrected chi connectivity index (χ2v) is 17.4. The third kappa shape index (κ3) is 4.73. The molecule has 0 bridgehead atoms. The molecular weight excluding hydrogens is 731 g/mol. The molecule has 4 heteroatoms. The Hall–Kier alpha value is -7.04. The number of hydrogen-bond donors (Lipinski definition) is 0. The van der Waals surface area contributed by atoms with E-state index >= 15 is 0 Å². The van der Waals surface area contributed by atoms with E-state index in [1.807, 2.05) is 68.6 Å². The van der Waals surface area contributed by atoms with Gasteiger partial charge in [0.05, 0.1) is 12.4 Å². The Balaban J connectivity index is 1.26. The van der Waals surface area contributed by atoms with E-state index in [1.165, 1.54) is 0 Å². The van der Waals surface area contributed by atoms with Gasteiger partial charge in [0, 0.05) is 30.2 Å². The molecule has 0 radical (unpaired) electrons. The Morgan fingerprint density at radius 3 is 2.05 bits per heavy atom. The van der Waals surface area contributed by atoms with Gasteiger partial charge in [-0.25, -0.2) is 0 Å². The first-order valence-electron chi connectivity index (χ1n) is 23.6. The van der Waals surface area contributed by atoms with Gasteiger partial charge in [0.25, 0.3) is 0 Å². The molecule has 12 rings (SSSR count). The topological polar surface area (TPSA) is 21.9 Å². The number of nitrogens with zero attached hydrogens (tertiary/aromatic N) is 3. The van der Waals surface area contributed by atoms with Crippen LogP contribution in [-0.4, -0.2) is 4.57 Å². The van der Waals surface area contributed by atoms with E-state index in [0.29, 0.717) is 11.3 Å². The molecule has 0 N–H and O–H groups in total. The number of pyridine rings is 1. The van der Waals surface area contributed by atoms with Crippen LogP contribution in [0.15, 0.2) is 176 Å². The predicted molar refractivity (Wildman–Crippen MR) is 242 cm³/mol. The van der Waals surface area contributed by atoms with Crippen LogP contribution in [0.1, 0.15) is 65.4 Å². The summed E-state index contributed by atoms with van der Waals surface area (Å²) in [6.07, 6.45) is 1.96. The van der Waals surface area contributed by atoms with Gasteiger partial charge in [-0.1, -0.05) is 144 Å². The third-order valence-electron chi connectivity index (χ3n) is 12.6. The molecule has 288 valence electrons. The van der Waals surface area contributed by atoms with Gasteiger partial charge in [-0.15, -0.1) is 9.13 Å². The fraction of sp³-hybridized carbons (Fsp3) is 0.143. The number of imidazole rings is 1. The van der Waals surface area contributed by atoms with Crippen LogP contribution in [0.4, 0.5) is 0 Å². The molecule has 2 aromatic heterocycles. The van der Waals surface area contributed by atoms with E-state index in [9.17, 15) is 1.37 Å².